The van der Waals surface area contributed by atoms with E-state index < -0.39 is 30.8 Å². The molecule has 1 aliphatic heterocycles. The molecule has 0 aliphatic carbocycles. The summed E-state index contributed by atoms with van der Waals surface area (Å²) in [6, 6.07) is 1.88. The van der Waals surface area contributed by atoms with Crippen molar-refractivity contribution < 1.29 is 22.0 Å². The molecule has 0 bridgehead atoms. The number of rotatable bonds is 3. The molecule has 0 spiro atoms. The lowest BCUT2D eigenvalue weighted by atomic mass is 10.1. The molecular weight excluding hydrogens is 442 g/mol. The maximum atomic E-state index is 13.6. The van der Waals surface area contributed by atoms with Gasteiger partial charge in [0, 0.05) is 18.5 Å². The maximum absolute atomic E-state index is 13.6. The number of nitrogens with zero attached hydrogens (tertiary/aromatic N) is 6. The van der Waals surface area contributed by atoms with Gasteiger partial charge in [-0.25, -0.2) is 18.7 Å². The van der Waals surface area contributed by atoms with Gasteiger partial charge < -0.3 is 4.90 Å². The molecule has 0 saturated carbocycles. The number of alkyl halides is 5. The lowest BCUT2D eigenvalue weighted by Crippen LogP contribution is -2.25. The summed E-state index contributed by atoms with van der Waals surface area (Å²) >= 11 is 11.9. The zero-order chi connectivity index (χ0) is 21.0. The smallest absolute Gasteiger partial charge is 0.348 e. The third-order valence-corrected chi connectivity index (χ3v) is 5.32. The molecule has 0 radical (unpaired) electrons. The number of anilines is 1. The molecule has 1 aromatic carbocycles. The predicted octanol–water partition coefficient (Wildman–Crippen LogP) is 4.44. The van der Waals surface area contributed by atoms with Crippen molar-refractivity contribution in [2.24, 2.45) is 0 Å². The average Bonchev–Trinajstić information content (AvgIpc) is 3.20. The SMILES string of the molecule is FC1(F)CCN(c2ncnc3nn(Cc4c(C(F)(F)F)ccc(Cl)c4Cl)nc23)C1. The Labute approximate surface area is 170 Å². The second kappa shape index (κ2) is 6.91. The fourth-order valence-corrected chi connectivity index (χ4v) is 3.54. The first-order valence-electron chi connectivity index (χ1n) is 8.28. The fourth-order valence-electron chi connectivity index (χ4n) is 3.14. The Bertz CT molecular complexity index is 1080. The second-order valence-electron chi connectivity index (χ2n) is 6.51. The highest BCUT2D eigenvalue weighted by atomic mass is 35.5. The van der Waals surface area contributed by atoms with Crippen LogP contribution in [-0.2, 0) is 12.7 Å². The van der Waals surface area contributed by atoms with Gasteiger partial charge in [-0.15, -0.1) is 10.2 Å². The fraction of sp³-hybridized carbons (Fsp3) is 0.375. The Hall–Kier alpha value is -2.27. The van der Waals surface area contributed by atoms with Crippen LogP contribution in [0, 0.1) is 0 Å². The highest BCUT2D eigenvalue weighted by molar-refractivity contribution is 6.42. The third kappa shape index (κ3) is 3.80. The van der Waals surface area contributed by atoms with E-state index in [4.69, 9.17) is 23.2 Å². The molecule has 4 rings (SSSR count). The molecule has 0 unspecified atom stereocenters. The second-order valence-corrected chi connectivity index (χ2v) is 7.30. The number of hydrogen-bond donors (Lipinski definition) is 0. The summed E-state index contributed by atoms with van der Waals surface area (Å²) in [5, 5.41) is 7.84. The van der Waals surface area contributed by atoms with Gasteiger partial charge in [-0.1, -0.05) is 23.2 Å². The Balaban J connectivity index is 1.74. The van der Waals surface area contributed by atoms with Crippen molar-refractivity contribution in [1.29, 1.82) is 0 Å². The molecule has 1 aliphatic rings. The highest BCUT2D eigenvalue weighted by Gasteiger charge is 2.40. The summed E-state index contributed by atoms with van der Waals surface area (Å²) in [5.74, 6) is -2.71. The number of halogens is 7. The molecule has 2 aromatic heterocycles. The normalized spacial score (nSPS) is 16.7. The van der Waals surface area contributed by atoms with Crippen LogP contribution in [0.3, 0.4) is 0 Å². The zero-order valence-electron chi connectivity index (χ0n) is 14.4. The maximum Gasteiger partial charge on any atom is 0.416 e. The Morgan fingerprint density at radius 2 is 1.86 bits per heavy atom. The van der Waals surface area contributed by atoms with Gasteiger partial charge in [0.15, 0.2) is 11.3 Å². The Morgan fingerprint density at radius 3 is 2.52 bits per heavy atom. The van der Waals surface area contributed by atoms with Crippen molar-refractivity contribution in [2.45, 2.75) is 25.1 Å². The number of benzene rings is 1. The van der Waals surface area contributed by atoms with Crippen molar-refractivity contribution in [1.82, 2.24) is 25.0 Å². The lowest BCUT2D eigenvalue weighted by molar-refractivity contribution is -0.138. The van der Waals surface area contributed by atoms with Gasteiger partial charge in [-0.2, -0.15) is 18.0 Å². The van der Waals surface area contributed by atoms with Gasteiger partial charge in [-0.05, 0) is 12.1 Å². The van der Waals surface area contributed by atoms with Gasteiger partial charge in [0.1, 0.15) is 6.33 Å². The Kier molecular flexibility index (Phi) is 4.77. The van der Waals surface area contributed by atoms with Gasteiger partial charge in [0.05, 0.1) is 28.7 Å². The van der Waals surface area contributed by atoms with Crippen molar-refractivity contribution in [3.8, 4) is 0 Å². The largest absolute Gasteiger partial charge is 0.416 e. The van der Waals surface area contributed by atoms with Crippen LogP contribution in [0.5, 0.6) is 0 Å². The minimum atomic E-state index is -4.66. The molecule has 3 aromatic rings. The quantitative estimate of drug-likeness (QED) is 0.549. The van der Waals surface area contributed by atoms with Crippen molar-refractivity contribution >= 4 is 40.2 Å². The van der Waals surface area contributed by atoms with Crippen LogP contribution in [-0.4, -0.2) is 44.0 Å². The van der Waals surface area contributed by atoms with E-state index in [-0.39, 0.29) is 45.6 Å². The minimum Gasteiger partial charge on any atom is -0.348 e. The van der Waals surface area contributed by atoms with Gasteiger partial charge >= 0.3 is 6.18 Å². The average molecular weight is 453 g/mol. The first-order chi connectivity index (χ1) is 13.5. The van der Waals surface area contributed by atoms with Crippen LogP contribution in [0.2, 0.25) is 10.0 Å². The van der Waals surface area contributed by atoms with Gasteiger partial charge in [0.2, 0.25) is 5.65 Å². The van der Waals surface area contributed by atoms with Crippen LogP contribution in [0.1, 0.15) is 17.5 Å². The molecule has 1 fully saturated rings. The summed E-state index contributed by atoms with van der Waals surface area (Å²) in [6.07, 6.45) is -3.86. The summed E-state index contributed by atoms with van der Waals surface area (Å²) in [4.78, 5) is 10.2. The van der Waals surface area contributed by atoms with Crippen LogP contribution in [0.25, 0.3) is 11.2 Å². The molecule has 29 heavy (non-hydrogen) atoms. The van der Waals surface area contributed by atoms with Gasteiger partial charge in [-0.3, -0.25) is 0 Å². The van der Waals surface area contributed by atoms with Crippen molar-refractivity contribution in [3.05, 3.63) is 39.6 Å². The van der Waals surface area contributed by atoms with E-state index in [1.807, 2.05) is 0 Å². The summed E-state index contributed by atoms with van der Waals surface area (Å²) in [6.45, 7) is -0.922. The summed E-state index contributed by atoms with van der Waals surface area (Å²) in [5.41, 5.74) is -1.11. The topological polar surface area (TPSA) is 59.7 Å². The third-order valence-electron chi connectivity index (χ3n) is 4.48. The monoisotopic (exact) mass is 452 g/mol. The standard InChI is InChI=1S/C16H11Cl2F5N6/c17-10-2-1-9(16(21,22)23)8(11(10)18)5-29-26-12-13(27-29)24-7-25-14(12)28-4-3-15(19,20)6-28/h1-2,7H,3-6H2. The van der Waals surface area contributed by atoms with Crippen LogP contribution in [0.4, 0.5) is 27.8 Å². The van der Waals surface area contributed by atoms with Crippen LogP contribution in [0.15, 0.2) is 18.5 Å². The van der Waals surface area contributed by atoms with E-state index in [0.717, 1.165) is 23.3 Å². The summed E-state index contributed by atoms with van der Waals surface area (Å²) in [7, 11) is 0. The van der Waals surface area contributed by atoms with Crippen LogP contribution < -0.4 is 4.90 Å². The molecule has 3 heterocycles. The summed E-state index contributed by atoms with van der Waals surface area (Å²) < 4.78 is 67.2. The number of aromatic nitrogens is 5. The van der Waals surface area contributed by atoms with E-state index in [1.165, 1.54) is 4.90 Å². The zero-order valence-corrected chi connectivity index (χ0v) is 15.9. The predicted molar refractivity (Wildman–Crippen MR) is 95.5 cm³/mol. The molecular formula is C16H11Cl2F5N6. The molecule has 154 valence electrons. The van der Waals surface area contributed by atoms with E-state index in [1.54, 1.807) is 0 Å². The molecule has 13 heteroatoms. The number of fused-ring (bicyclic) bond motifs is 1. The van der Waals surface area contributed by atoms with Crippen LogP contribution >= 0.6 is 23.2 Å². The molecule has 0 N–H and O–H groups in total. The molecule has 6 nitrogen and oxygen atoms in total. The molecule has 1 saturated heterocycles. The van der Waals surface area contributed by atoms with E-state index in [2.05, 4.69) is 20.2 Å². The molecule has 0 atom stereocenters. The first kappa shape index (κ1) is 20.0. The lowest BCUT2D eigenvalue weighted by Gasteiger charge is -2.16. The number of hydrogen-bond acceptors (Lipinski definition) is 5. The first-order valence-corrected chi connectivity index (χ1v) is 9.03. The van der Waals surface area contributed by atoms with Crippen molar-refractivity contribution in [2.75, 3.05) is 18.0 Å². The highest BCUT2D eigenvalue weighted by Crippen LogP contribution is 2.38. The van der Waals surface area contributed by atoms with E-state index >= 15 is 0 Å². The van der Waals surface area contributed by atoms with Gasteiger partial charge in [0.25, 0.3) is 5.92 Å². The minimum absolute atomic E-state index is 0.0499. The Morgan fingerprint density at radius 1 is 1.10 bits per heavy atom. The van der Waals surface area contributed by atoms with E-state index in [9.17, 15) is 22.0 Å². The molecule has 0 amide bonds. The van der Waals surface area contributed by atoms with Crippen molar-refractivity contribution in [3.63, 3.8) is 0 Å². The van der Waals surface area contributed by atoms with E-state index in [0.29, 0.717) is 0 Å².